The maximum absolute atomic E-state index is 11.5. The normalized spacial score (nSPS) is 10.6. The van der Waals surface area contributed by atoms with Gasteiger partial charge < -0.3 is 11.1 Å². The lowest BCUT2D eigenvalue weighted by atomic mass is 10.1. The van der Waals surface area contributed by atoms with Gasteiger partial charge in [-0.15, -0.1) is 0 Å². The van der Waals surface area contributed by atoms with Crippen LogP contribution >= 0.6 is 0 Å². The van der Waals surface area contributed by atoms with E-state index in [1.165, 1.54) is 11.9 Å². The first-order valence-electron chi connectivity index (χ1n) is 6.98. The molecule has 5 nitrogen and oxygen atoms in total. The Morgan fingerprint density at radius 2 is 2.00 bits per heavy atom. The molecule has 0 radical (unpaired) electrons. The van der Waals surface area contributed by atoms with Gasteiger partial charge in [0.1, 0.15) is 12.1 Å². The number of benzene rings is 2. The fourth-order valence-electron chi connectivity index (χ4n) is 2.44. The van der Waals surface area contributed by atoms with E-state index in [2.05, 4.69) is 40.4 Å². The van der Waals surface area contributed by atoms with E-state index < -0.39 is 5.91 Å². The standard InChI is InChI=1S/C17H16N4O/c1-11-4-2-5-12(8-11)9-19-17-14-7-3-6-13(16(18)22)15(14)20-10-21-17/h2-8,10H,9H2,1H3,(H2,18,22)(H,19,20,21). The van der Waals surface area contributed by atoms with E-state index in [1.807, 2.05) is 12.1 Å². The van der Waals surface area contributed by atoms with Gasteiger partial charge in [-0.25, -0.2) is 9.97 Å². The van der Waals surface area contributed by atoms with E-state index in [4.69, 9.17) is 5.73 Å². The quantitative estimate of drug-likeness (QED) is 0.774. The number of aromatic nitrogens is 2. The van der Waals surface area contributed by atoms with Crippen LogP contribution in [-0.2, 0) is 6.54 Å². The number of carbonyl (C=O) groups excluding carboxylic acids is 1. The molecule has 1 heterocycles. The van der Waals surface area contributed by atoms with Gasteiger partial charge in [0.05, 0.1) is 11.1 Å². The molecule has 3 aromatic rings. The van der Waals surface area contributed by atoms with Crippen molar-refractivity contribution >= 4 is 22.6 Å². The van der Waals surface area contributed by atoms with Crippen LogP contribution in [0.5, 0.6) is 0 Å². The van der Waals surface area contributed by atoms with Crippen molar-refractivity contribution in [1.82, 2.24) is 9.97 Å². The molecule has 3 rings (SSSR count). The molecule has 0 aliphatic carbocycles. The van der Waals surface area contributed by atoms with Crippen LogP contribution in [0.25, 0.3) is 10.9 Å². The van der Waals surface area contributed by atoms with Crippen molar-refractivity contribution in [3.63, 3.8) is 0 Å². The van der Waals surface area contributed by atoms with E-state index in [-0.39, 0.29) is 0 Å². The van der Waals surface area contributed by atoms with Crippen LogP contribution < -0.4 is 11.1 Å². The Balaban J connectivity index is 1.94. The third kappa shape index (κ3) is 2.74. The highest BCUT2D eigenvalue weighted by Crippen LogP contribution is 2.22. The van der Waals surface area contributed by atoms with Gasteiger partial charge in [0, 0.05) is 11.9 Å². The fraction of sp³-hybridized carbons (Fsp3) is 0.118. The summed E-state index contributed by atoms with van der Waals surface area (Å²) >= 11 is 0. The maximum Gasteiger partial charge on any atom is 0.250 e. The molecule has 2 aromatic carbocycles. The molecule has 5 heteroatoms. The number of nitrogens with zero attached hydrogens (tertiary/aromatic N) is 2. The Kier molecular flexibility index (Phi) is 3.70. The molecule has 0 saturated carbocycles. The largest absolute Gasteiger partial charge is 0.366 e. The molecule has 22 heavy (non-hydrogen) atoms. The molecule has 1 aromatic heterocycles. The van der Waals surface area contributed by atoms with Crippen molar-refractivity contribution in [3.8, 4) is 0 Å². The molecular weight excluding hydrogens is 276 g/mol. The van der Waals surface area contributed by atoms with E-state index in [0.29, 0.717) is 23.4 Å². The highest BCUT2D eigenvalue weighted by molar-refractivity contribution is 6.06. The highest BCUT2D eigenvalue weighted by Gasteiger charge is 2.10. The maximum atomic E-state index is 11.5. The van der Waals surface area contributed by atoms with Gasteiger partial charge in [-0.3, -0.25) is 4.79 Å². The Bertz CT molecular complexity index is 845. The number of rotatable bonds is 4. The first kappa shape index (κ1) is 14.0. The number of hydrogen-bond donors (Lipinski definition) is 2. The fourth-order valence-corrected chi connectivity index (χ4v) is 2.44. The summed E-state index contributed by atoms with van der Waals surface area (Å²) in [4.78, 5) is 19.9. The van der Waals surface area contributed by atoms with Crippen molar-refractivity contribution in [2.45, 2.75) is 13.5 Å². The van der Waals surface area contributed by atoms with Crippen LogP contribution in [0.4, 0.5) is 5.82 Å². The number of carbonyl (C=O) groups is 1. The smallest absolute Gasteiger partial charge is 0.250 e. The molecule has 0 unspecified atom stereocenters. The van der Waals surface area contributed by atoms with Crippen molar-refractivity contribution < 1.29 is 4.79 Å². The second-order valence-electron chi connectivity index (χ2n) is 5.13. The average Bonchev–Trinajstić information content (AvgIpc) is 2.52. The lowest BCUT2D eigenvalue weighted by molar-refractivity contribution is 0.100. The summed E-state index contributed by atoms with van der Waals surface area (Å²) in [6.45, 7) is 2.71. The van der Waals surface area contributed by atoms with Crippen LogP contribution in [-0.4, -0.2) is 15.9 Å². The lowest BCUT2D eigenvalue weighted by Crippen LogP contribution is -2.12. The van der Waals surface area contributed by atoms with Gasteiger partial charge in [-0.05, 0) is 24.6 Å². The van der Waals surface area contributed by atoms with Crippen molar-refractivity contribution in [2.75, 3.05) is 5.32 Å². The Labute approximate surface area is 128 Å². The predicted molar refractivity (Wildman–Crippen MR) is 86.6 cm³/mol. The number of nitrogens with two attached hydrogens (primary N) is 1. The van der Waals surface area contributed by atoms with Crippen LogP contribution in [0.3, 0.4) is 0 Å². The molecule has 1 amide bonds. The third-order valence-electron chi connectivity index (χ3n) is 3.47. The molecule has 0 aliphatic rings. The van der Waals surface area contributed by atoms with Crippen molar-refractivity contribution in [3.05, 3.63) is 65.5 Å². The summed E-state index contributed by atoms with van der Waals surface area (Å²) in [7, 11) is 0. The molecule has 0 bridgehead atoms. The summed E-state index contributed by atoms with van der Waals surface area (Å²) in [5, 5.41) is 4.08. The van der Waals surface area contributed by atoms with Gasteiger partial charge >= 0.3 is 0 Å². The predicted octanol–water partition coefficient (Wildman–Crippen LogP) is 2.65. The van der Waals surface area contributed by atoms with Gasteiger partial charge in [0.25, 0.3) is 5.91 Å². The third-order valence-corrected chi connectivity index (χ3v) is 3.47. The number of nitrogens with one attached hydrogen (secondary N) is 1. The van der Waals surface area contributed by atoms with Crippen LogP contribution in [0.2, 0.25) is 0 Å². The number of amides is 1. The SMILES string of the molecule is Cc1cccc(CNc2ncnc3c(C(N)=O)cccc23)c1. The zero-order chi connectivity index (χ0) is 15.5. The summed E-state index contributed by atoms with van der Waals surface area (Å²) in [5.74, 6) is 0.198. The summed E-state index contributed by atoms with van der Waals surface area (Å²) in [5.41, 5.74) is 8.74. The van der Waals surface area contributed by atoms with E-state index in [9.17, 15) is 4.79 Å². The number of primary amides is 1. The number of fused-ring (bicyclic) bond motifs is 1. The van der Waals surface area contributed by atoms with Crippen LogP contribution in [0, 0.1) is 6.92 Å². The Morgan fingerprint density at radius 1 is 1.18 bits per heavy atom. The van der Waals surface area contributed by atoms with E-state index in [1.54, 1.807) is 12.1 Å². The van der Waals surface area contributed by atoms with Crippen molar-refractivity contribution in [2.24, 2.45) is 5.73 Å². The first-order valence-corrected chi connectivity index (χ1v) is 6.98. The summed E-state index contributed by atoms with van der Waals surface area (Å²) in [6, 6.07) is 13.6. The molecule has 0 atom stereocenters. The number of para-hydroxylation sites is 1. The average molecular weight is 292 g/mol. The lowest BCUT2D eigenvalue weighted by Gasteiger charge is -2.10. The molecular formula is C17H16N4O. The van der Waals surface area contributed by atoms with Gasteiger partial charge in [-0.2, -0.15) is 0 Å². The summed E-state index contributed by atoms with van der Waals surface area (Å²) < 4.78 is 0. The van der Waals surface area contributed by atoms with Gasteiger partial charge in [-0.1, -0.05) is 35.9 Å². The van der Waals surface area contributed by atoms with E-state index in [0.717, 1.165) is 10.9 Å². The number of anilines is 1. The molecule has 110 valence electrons. The minimum absolute atomic E-state index is 0.401. The van der Waals surface area contributed by atoms with Crippen LogP contribution in [0.15, 0.2) is 48.8 Å². The summed E-state index contributed by atoms with van der Waals surface area (Å²) in [6.07, 6.45) is 1.44. The van der Waals surface area contributed by atoms with Crippen molar-refractivity contribution in [1.29, 1.82) is 0 Å². The van der Waals surface area contributed by atoms with Gasteiger partial charge in [0.2, 0.25) is 0 Å². The second kappa shape index (κ2) is 5.81. The molecule has 0 fully saturated rings. The topological polar surface area (TPSA) is 80.9 Å². The molecule has 3 N–H and O–H groups in total. The highest BCUT2D eigenvalue weighted by atomic mass is 16.1. The minimum Gasteiger partial charge on any atom is -0.366 e. The Morgan fingerprint density at radius 3 is 2.77 bits per heavy atom. The monoisotopic (exact) mass is 292 g/mol. The number of aryl methyl sites for hydroxylation is 1. The van der Waals surface area contributed by atoms with Gasteiger partial charge in [0.15, 0.2) is 0 Å². The second-order valence-corrected chi connectivity index (χ2v) is 5.13. The van der Waals surface area contributed by atoms with Crippen LogP contribution in [0.1, 0.15) is 21.5 Å². The minimum atomic E-state index is -0.492. The van der Waals surface area contributed by atoms with E-state index >= 15 is 0 Å². The zero-order valence-electron chi connectivity index (χ0n) is 12.2. The number of hydrogen-bond acceptors (Lipinski definition) is 4. The Hall–Kier alpha value is -2.95. The molecule has 0 aliphatic heterocycles. The molecule has 0 saturated heterocycles. The first-order chi connectivity index (χ1) is 10.6. The molecule has 0 spiro atoms. The zero-order valence-corrected chi connectivity index (χ0v) is 12.2.